The van der Waals surface area contributed by atoms with E-state index < -0.39 is 84.6 Å². The molecule has 1 fully saturated rings. The maximum atomic E-state index is 14.2. The van der Waals surface area contributed by atoms with E-state index in [-0.39, 0.29) is 42.2 Å². The minimum Gasteiger partial charge on any atom is -0.460 e. The largest absolute Gasteiger partial charge is 0.460 e. The number of nitrogens with zero attached hydrogens (tertiary/aromatic N) is 2. The zero-order valence-corrected chi connectivity index (χ0v) is 34.9. The van der Waals surface area contributed by atoms with Crippen molar-refractivity contribution in [2.45, 2.75) is 154 Å². The minimum atomic E-state index is -4.32. The van der Waals surface area contributed by atoms with Crippen LogP contribution in [0.15, 0.2) is 26.9 Å². The number of carbonyl (C=O) groups is 2. The van der Waals surface area contributed by atoms with Crippen LogP contribution in [0.1, 0.15) is 98.2 Å². The molecule has 3 rings (SSSR count). The molecule has 17 heteroatoms. The molecular weight excluding hydrogens is 703 g/mol. The quantitative estimate of drug-likeness (QED) is 0.198. The van der Waals surface area contributed by atoms with E-state index in [0.29, 0.717) is 4.57 Å². The van der Waals surface area contributed by atoms with E-state index in [1.54, 1.807) is 20.8 Å². The Morgan fingerprint density at radius 2 is 1.52 bits per heavy atom. The fourth-order valence-corrected chi connectivity index (χ4v) is 8.71. The lowest BCUT2D eigenvalue weighted by atomic mass is 9.89. The number of aryl methyl sites for hydroxylation is 1. The molecule has 1 aromatic heterocycles. The number of rotatable bonds is 10. The fraction of sp³-hybridized carbons (Fsp3) is 0.758. The Labute approximate surface area is 298 Å². The molecule has 3 heterocycles. The van der Waals surface area contributed by atoms with Crippen LogP contribution in [0, 0.1) is 6.92 Å². The number of nitrogens with two attached hydrogens (primary N) is 1. The third kappa shape index (κ3) is 8.61. The standard InChI is InChI=1S/C33H57N3O11SSi2/c1-21-18-35(29(40)36(27(21)39)24(37)16-15-17-25(38)45-30(2,3)4)28-26(46-50(13,14)32(8,9)10)33(22(34)20-48(41,42)47-33)23(44-28)19-43-49(11,12)31(5,6)7/h18,20,23,26,28H,15-17,19,34H2,1-14H3/t23-,26+,28-,33-/m1/s1. The summed E-state index contributed by atoms with van der Waals surface area (Å²) in [6.45, 7) is 26.6. The molecule has 0 unspecified atom stereocenters. The Kier molecular flexibility index (Phi) is 11.6. The van der Waals surface area contributed by atoms with E-state index in [4.69, 9.17) is 28.2 Å². The molecule has 0 saturated carbocycles. The van der Waals surface area contributed by atoms with E-state index in [9.17, 15) is 27.6 Å². The maximum Gasteiger partial charge on any atom is 0.340 e. The predicted molar refractivity (Wildman–Crippen MR) is 194 cm³/mol. The molecule has 1 spiro atoms. The van der Waals surface area contributed by atoms with Crippen LogP contribution >= 0.6 is 0 Å². The maximum absolute atomic E-state index is 14.2. The number of ether oxygens (including phenoxy) is 2. The van der Waals surface area contributed by atoms with Gasteiger partial charge >= 0.3 is 11.7 Å². The van der Waals surface area contributed by atoms with Crippen molar-refractivity contribution in [3.8, 4) is 0 Å². The Morgan fingerprint density at radius 1 is 0.960 bits per heavy atom. The van der Waals surface area contributed by atoms with Gasteiger partial charge in [0.25, 0.3) is 15.7 Å². The summed E-state index contributed by atoms with van der Waals surface area (Å²) >= 11 is 0. The number of carbonyl (C=O) groups excluding carboxylic acids is 2. The van der Waals surface area contributed by atoms with Crippen molar-refractivity contribution in [2.75, 3.05) is 6.61 Å². The molecule has 1 aromatic rings. The summed E-state index contributed by atoms with van der Waals surface area (Å²) in [5.74, 6) is -1.34. The molecule has 0 amide bonds. The molecule has 2 N–H and O–H groups in total. The summed E-state index contributed by atoms with van der Waals surface area (Å²) in [5.41, 5.74) is 1.90. The Hall–Kier alpha value is -2.42. The van der Waals surface area contributed by atoms with E-state index in [1.807, 2.05) is 47.0 Å². The summed E-state index contributed by atoms with van der Waals surface area (Å²) in [4.78, 5) is 53.2. The van der Waals surface area contributed by atoms with Crippen LogP contribution in [-0.2, 0) is 37.4 Å². The van der Waals surface area contributed by atoms with Crippen LogP contribution in [0.5, 0.6) is 0 Å². The predicted octanol–water partition coefficient (Wildman–Crippen LogP) is 4.68. The van der Waals surface area contributed by atoms with Gasteiger partial charge in [-0.05, 0) is 70.4 Å². The lowest BCUT2D eigenvalue weighted by Crippen LogP contribution is -2.59. The third-order valence-electron chi connectivity index (χ3n) is 10.1. The second-order valence-corrected chi connectivity index (χ2v) is 28.3. The topological polar surface area (TPSA) is 184 Å². The van der Waals surface area contributed by atoms with Crippen LogP contribution in [-0.4, -0.2) is 76.1 Å². The van der Waals surface area contributed by atoms with E-state index in [1.165, 1.54) is 13.1 Å². The molecule has 2 aliphatic rings. The van der Waals surface area contributed by atoms with E-state index in [0.717, 1.165) is 9.98 Å². The highest BCUT2D eigenvalue weighted by molar-refractivity contribution is 7.90. The highest BCUT2D eigenvalue weighted by atomic mass is 32.2. The molecule has 14 nitrogen and oxygen atoms in total. The Morgan fingerprint density at radius 3 is 2.00 bits per heavy atom. The van der Waals surface area contributed by atoms with Crippen LogP contribution in [0.2, 0.25) is 36.3 Å². The van der Waals surface area contributed by atoms with Gasteiger partial charge in [-0.3, -0.25) is 19.0 Å². The van der Waals surface area contributed by atoms with Gasteiger partial charge in [-0.1, -0.05) is 41.5 Å². The van der Waals surface area contributed by atoms with Gasteiger partial charge in [0, 0.05) is 24.6 Å². The molecule has 0 aromatic carbocycles. The molecule has 1 saturated heterocycles. The van der Waals surface area contributed by atoms with Gasteiger partial charge in [0.15, 0.2) is 28.5 Å². The fourth-order valence-electron chi connectivity index (χ4n) is 5.20. The van der Waals surface area contributed by atoms with Crippen LogP contribution in [0.3, 0.4) is 0 Å². The van der Waals surface area contributed by atoms with Crippen molar-refractivity contribution in [3.63, 3.8) is 0 Å². The van der Waals surface area contributed by atoms with Gasteiger partial charge in [0.05, 0.1) is 17.7 Å². The van der Waals surface area contributed by atoms with Crippen molar-refractivity contribution in [3.05, 3.63) is 43.7 Å². The first-order valence-electron chi connectivity index (χ1n) is 16.9. The van der Waals surface area contributed by atoms with E-state index in [2.05, 4.69) is 20.8 Å². The molecule has 0 bridgehead atoms. The highest BCUT2D eigenvalue weighted by Gasteiger charge is 2.67. The molecule has 0 radical (unpaired) electrons. The van der Waals surface area contributed by atoms with E-state index >= 15 is 0 Å². The number of hydrogen-bond donors (Lipinski definition) is 1. The molecule has 2 aliphatic heterocycles. The number of esters is 1. The first-order chi connectivity index (χ1) is 22.4. The van der Waals surface area contributed by atoms with Crippen LogP contribution in [0.4, 0.5) is 0 Å². The number of aromatic nitrogens is 2. The molecular formula is C33H57N3O11SSi2. The molecule has 284 valence electrons. The first kappa shape index (κ1) is 42.0. The zero-order chi connectivity index (χ0) is 38.6. The van der Waals surface area contributed by atoms with Crippen molar-refractivity contribution in [2.24, 2.45) is 5.73 Å². The summed E-state index contributed by atoms with van der Waals surface area (Å²) in [7, 11) is -9.59. The highest BCUT2D eigenvalue weighted by Crippen LogP contribution is 2.52. The zero-order valence-electron chi connectivity index (χ0n) is 32.1. The summed E-state index contributed by atoms with van der Waals surface area (Å²) in [6.07, 6.45) is -3.00. The summed E-state index contributed by atoms with van der Waals surface area (Å²) in [6, 6.07) is 0. The van der Waals surface area contributed by atoms with Crippen LogP contribution < -0.4 is 17.0 Å². The van der Waals surface area contributed by atoms with Gasteiger partial charge in [0.2, 0.25) is 5.91 Å². The molecule has 4 atom stereocenters. The molecule has 0 aliphatic carbocycles. The lowest BCUT2D eigenvalue weighted by molar-refractivity contribution is -0.154. The summed E-state index contributed by atoms with van der Waals surface area (Å²) in [5, 5.41) is 0.212. The Bertz CT molecular complexity index is 1750. The second kappa shape index (κ2) is 13.9. The lowest BCUT2D eigenvalue weighted by Gasteiger charge is -2.43. The van der Waals surface area contributed by atoms with Crippen molar-refractivity contribution >= 4 is 38.6 Å². The monoisotopic (exact) mass is 759 g/mol. The van der Waals surface area contributed by atoms with Crippen molar-refractivity contribution in [1.82, 2.24) is 9.13 Å². The van der Waals surface area contributed by atoms with Gasteiger partial charge < -0.3 is 24.1 Å². The Balaban J connectivity index is 2.20. The smallest absolute Gasteiger partial charge is 0.340 e. The van der Waals surface area contributed by atoms with Gasteiger partial charge in [-0.25, -0.2) is 8.98 Å². The van der Waals surface area contributed by atoms with Gasteiger partial charge in [-0.2, -0.15) is 13.0 Å². The average Bonchev–Trinajstić information content (AvgIpc) is 3.33. The second-order valence-electron chi connectivity index (χ2n) is 17.3. The minimum absolute atomic E-state index is 0.0353. The van der Waals surface area contributed by atoms with Crippen molar-refractivity contribution in [1.29, 1.82) is 0 Å². The summed E-state index contributed by atoms with van der Waals surface area (Å²) < 4.78 is 58.9. The van der Waals surface area contributed by atoms with Gasteiger partial charge in [0.1, 0.15) is 17.8 Å². The third-order valence-corrected chi connectivity index (χ3v) is 20.1. The normalized spacial score (nSPS) is 24.4. The first-order valence-corrected chi connectivity index (χ1v) is 24.2. The van der Waals surface area contributed by atoms with Gasteiger partial charge in [-0.15, -0.1) is 0 Å². The van der Waals surface area contributed by atoms with Crippen LogP contribution in [0.25, 0.3) is 0 Å². The average molecular weight is 760 g/mol. The van der Waals surface area contributed by atoms with Crippen molar-refractivity contribution < 1.29 is 40.5 Å². The molecule has 50 heavy (non-hydrogen) atoms. The SMILES string of the molecule is Cc1cn([C@@H]2O[C@H](CO[Si](C)(C)C(C)(C)C)[C@@]3(OS(=O)(=O)C=C3N)[C@H]2O[Si](C)(C)C(C)(C)C)c(=O)n(C(=O)CCCC(=O)OC(C)(C)C)c1=O. The number of hydrogen-bond acceptors (Lipinski definition) is 12.